The van der Waals surface area contributed by atoms with Crippen molar-refractivity contribution in [3.8, 4) is 0 Å². The van der Waals surface area contributed by atoms with Gasteiger partial charge < -0.3 is 10.2 Å². The van der Waals surface area contributed by atoms with Gasteiger partial charge in [-0.15, -0.1) is 0 Å². The van der Waals surface area contributed by atoms with Gasteiger partial charge in [-0.05, 0) is 91.8 Å². The number of likely N-dealkylation sites (tertiary alicyclic amines) is 1. The van der Waals surface area contributed by atoms with Gasteiger partial charge in [-0.3, -0.25) is 4.72 Å². The van der Waals surface area contributed by atoms with Crippen LogP contribution < -0.4 is 10.0 Å². The zero-order valence-corrected chi connectivity index (χ0v) is 15.6. The number of piperidine rings is 1. The van der Waals surface area contributed by atoms with Gasteiger partial charge in [0.05, 0.1) is 0 Å². The lowest BCUT2D eigenvalue weighted by atomic mass is 9.99. The second kappa shape index (κ2) is 7.32. The first-order valence-corrected chi connectivity index (χ1v) is 10.4. The SMILES string of the molecule is C=CN1CCC(SNC(=O)Nc2c3c(cc4c2CCC4)CCC3)CC1. The summed E-state index contributed by atoms with van der Waals surface area (Å²) in [5, 5.41) is 3.70. The molecule has 0 aromatic heterocycles. The van der Waals surface area contributed by atoms with E-state index in [0.29, 0.717) is 5.25 Å². The molecule has 0 bridgehead atoms. The number of amides is 2. The maximum absolute atomic E-state index is 12.5. The van der Waals surface area contributed by atoms with Crippen LogP contribution in [0.3, 0.4) is 0 Å². The van der Waals surface area contributed by atoms with Crippen LogP contribution in [0.25, 0.3) is 0 Å². The lowest BCUT2D eigenvalue weighted by Gasteiger charge is -2.30. The minimum atomic E-state index is -0.0643. The van der Waals surface area contributed by atoms with Gasteiger partial charge >= 0.3 is 6.03 Å². The average Bonchev–Trinajstić information content (AvgIpc) is 3.29. The van der Waals surface area contributed by atoms with Crippen LogP contribution in [0.2, 0.25) is 0 Å². The standard InChI is InChI=1S/C20H27N3OS/c1-2-23-11-9-16(10-12-23)25-22-20(24)21-19-17-7-3-5-14(17)13-15-6-4-8-18(15)19/h2,13,16H,1,3-12H2,(H2,21,22,24). The normalized spacial score (nSPS) is 19.4. The maximum Gasteiger partial charge on any atom is 0.329 e. The molecule has 4 rings (SSSR count). The van der Waals surface area contributed by atoms with Gasteiger partial charge in [-0.1, -0.05) is 12.6 Å². The lowest BCUT2D eigenvalue weighted by molar-refractivity contribution is 0.257. The number of nitrogens with zero attached hydrogens (tertiary/aromatic N) is 1. The number of hydrogen-bond acceptors (Lipinski definition) is 3. The Morgan fingerprint density at radius 2 is 1.76 bits per heavy atom. The molecule has 0 saturated carbocycles. The molecule has 5 heteroatoms. The van der Waals surface area contributed by atoms with E-state index in [1.54, 1.807) is 11.9 Å². The van der Waals surface area contributed by atoms with Crippen molar-refractivity contribution in [1.29, 1.82) is 0 Å². The van der Waals surface area contributed by atoms with Gasteiger partial charge in [0, 0.05) is 24.0 Å². The third-order valence-electron chi connectivity index (χ3n) is 5.76. The Bertz CT molecular complexity index is 648. The third kappa shape index (κ3) is 3.52. The number of urea groups is 1. The summed E-state index contributed by atoms with van der Waals surface area (Å²) in [7, 11) is 0. The van der Waals surface area contributed by atoms with Crippen LogP contribution >= 0.6 is 11.9 Å². The number of hydrogen-bond donors (Lipinski definition) is 2. The van der Waals surface area contributed by atoms with Crippen LogP contribution in [0.4, 0.5) is 10.5 Å². The van der Waals surface area contributed by atoms with Crippen LogP contribution in [-0.2, 0) is 25.7 Å². The molecule has 1 heterocycles. The second-order valence-corrected chi connectivity index (χ2v) is 8.43. The quantitative estimate of drug-likeness (QED) is 0.799. The first-order chi connectivity index (χ1) is 12.2. The Hall–Kier alpha value is -1.62. The highest BCUT2D eigenvalue weighted by molar-refractivity contribution is 7.98. The summed E-state index contributed by atoms with van der Waals surface area (Å²) >= 11 is 1.58. The second-order valence-electron chi connectivity index (χ2n) is 7.33. The van der Waals surface area contributed by atoms with E-state index in [-0.39, 0.29) is 6.03 Å². The molecule has 1 saturated heterocycles. The number of fused-ring (bicyclic) bond motifs is 2. The van der Waals surface area contributed by atoms with Crippen molar-refractivity contribution in [3.63, 3.8) is 0 Å². The summed E-state index contributed by atoms with van der Waals surface area (Å²) in [6, 6.07) is 2.33. The summed E-state index contributed by atoms with van der Waals surface area (Å²) in [6.45, 7) is 5.89. The summed E-state index contributed by atoms with van der Waals surface area (Å²) in [6.07, 6.45) is 11.1. The van der Waals surface area contributed by atoms with Crippen molar-refractivity contribution in [1.82, 2.24) is 9.62 Å². The van der Waals surface area contributed by atoms with Crippen LogP contribution in [0.15, 0.2) is 18.8 Å². The molecule has 1 fully saturated rings. The number of anilines is 1. The van der Waals surface area contributed by atoms with Crippen LogP contribution in [-0.4, -0.2) is 29.3 Å². The van der Waals surface area contributed by atoms with Crippen LogP contribution in [0.5, 0.6) is 0 Å². The Morgan fingerprint density at radius 1 is 1.12 bits per heavy atom. The minimum absolute atomic E-state index is 0.0643. The molecule has 0 atom stereocenters. The predicted molar refractivity (Wildman–Crippen MR) is 105 cm³/mol. The molecular formula is C20H27N3OS. The highest BCUT2D eigenvalue weighted by atomic mass is 32.2. The van der Waals surface area contributed by atoms with Gasteiger partial charge in [0.15, 0.2) is 0 Å². The van der Waals surface area contributed by atoms with Crippen LogP contribution in [0.1, 0.15) is 47.9 Å². The fraction of sp³-hybridized carbons (Fsp3) is 0.550. The summed E-state index contributed by atoms with van der Waals surface area (Å²) in [5.74, 6) is 0. The fourth-order valence-corrected chi connectivity index (χ4v) is 5.19. The van der Waals surface area contributed by atoms with Crippen LogP contribution in [0, 0.1) is 0 Å². The largest absolute Gasteiger partial charge is 0.378 e. The summed E-state index contributed by atoms with van der Waals surface area (Å²) in [5.41, 5.74) is 6.82. The van der Waals surface area contributed by atoms with Crippen molar-refractivity contribution in [2.24, 2.45) is 0 Å². The van der Waals surface area contributed by atoms with Crippen molar-refractivity contribution in [2.45, 2.75) is 56.6 Å². The van der Waals surface area contributed by atoms with E-state index in [2.05, 4.69) is 27.6 Å². The molecule has 4 nitrogen and oxygen atoms in total. The Labute approximate surface area is 154 Å². The Morgan fingerprint density at radius 3 is 2.36 bits per heavy atom. The van der Waals surface area contributed by atoms with Gasteiger partial charge in [0.1, 0.15) is 0 Å². The summed E-state index contributed by atoms with van der Waals surface area (Å²) < 4.78 is 3.04. The molecule has 1 aromatic carbocycles. The number of nitrogens with one attached hydrogen (secondary N) is 2. The monoisotopic (exact) mass is 357 g/mol. The Balaban J connectivity index is 1.38. The molecule has 2 aliphatic carbocycles. The fourth-order valence-electron chi connectivity index (χ4n) is 4.42. The number of carbonyl (C=O) groups is 1. The van der Waals surface area contributed by atoms with E-state index in [9.17, 15) is 4.79 Å². The van der Waals surface area contributed by atoms with Crippen molar-refractivity contribution in [3.05, 3.63) is 41.1 Å². The minimum Gasteiger partial charge on any atom is -0.378 e. The Kier molecular flexibility index (Phi) is 4.93. The maximum atomic E-state index is 12.5. The highest BCUT2D eigenvalue weighted by Gasteiger charge is 2.25. The molecule has 0 unspecified atom stereocenters. The van der Waals surface area contributed by atoms with Gasteiger partial charge in [0.2, 0.25) is 0 Å². The molecule has 25 heavy (non-hydrogen) atoms. The van der Waals surface area contributed by atoms with E-state index in [1.165, 1.54) is 35.1 Å². The van der Waals surface area contributed by atoms with E-state index in [4.69, 9.17) is 0 Å². The average molecular weight is 358 g/mol. The highest BCUT2D eigenvalue weighted by Crippen LogP contribution is 2.38. The van der Waals surface area contributed by atoms with Crippen molar-refractivity contribution < 1.29 is 4.79 Å². The first kappa shape index (κ1) is 16.8. The van der Waals surface area contributed by atoms with Gasteiger partial charge in [-0.2, -0.15) is 0 Å². The van der Waals surface area contributed by atoms with E-state index >= 15 is 0 Å². The first-order valence-electron chi connectivity index (χ1n) is 9.50. The van der Waals surface area contributed by atoms with E-state index in [0.717, 1.165) is 57.3 Å². The van der Waals surface area contributed by atoms with E-state index < -0.39 is 0 Å². The number of aryl methyl sites for hydroxylation is 2. The van der Waals surface area contributed by atoms with Gasteiger partial charge in [-0.25, -0.2) is 4.79 Å². The van der Waals surface area contributed by atoms with Gasteiger partial charge in [0.25, 0.3) is 0 Å². The molecule has 2 N–H and O–H groups in total. The van der Waals surface area contributed by atoms with E-state index in [1.807, 2.05) is 6.20 Å². The molecular weight excluding hydrogens is 330 g/mol. The zero-order chi connectivity index (χ0) is 17.2. The predicted octanol–water partition coefficient (Wildman–Crippen LogP) is 4.04. The zero-order valence-electron chi connectivity index (χ0n) is 14.8. The molecule has 1 aliphatic heterocycles. The smallest absolute Gasteiger partial charge is 0.329 e. The molecule has 0 radical (unpaired) electrons. The molecule has 134 valence electrons. The lowest BCUT2D eigenvalue weighted by Crippen LogP contribution is -2.33. The summed E-state index contributed by atoms with van der Waals surface area (Å²) in [4.78, 5) is 14.7. The molecule has 3 aliphatic rings. The number of carbonyl (C=O) groups excluding carboxylic acids is 1. The molecule has 0 spiro atoms. The molecule has 2 amide bonds. The molecule has 1 aromatic rings. The van der Waals surface area contributed by atoms with Crippen molar-refractivity contribution >= 4 is 23.7 Å². The third-order valence-corrected chi connectivity index (χ3v) is 6.87. The topological polar surface area (TPSA) is 44.4 Å². The van der Waals surface area contributed by atoms with Crippen molar-refractivity contribution in [2.75, 3.05) is 18.4 Å². The number of rotatable bonds is 4. The number of benzene rings is 1.